The summed E-state index contributed by atoms with van der Waals surface area (Å²) in [5, 5.41) is 0. The normalized spacial score (nSPS) is 15.8. The van der Waals surface area contributed by atoms with Crippen LogP contribution in [0.5, 0.6) is 0 Å². The van der Waals surface area contributed by atoms with Crippen LogP contribution >= 0.6 is 0 Å². The molecule has 1 nitrogen and oxygen atoms in total. The van der Waals surface area contributed by atoms with Crippen LogP contribution in [0.25, 0.3) is 5.52 Å². The van der Waals surface area contributed by atoms with Crippen molar-refractivity contribution in [2.24, 2.45) is 0 Å². The average Bonchev–Trinajstić information content (AvgIpc) is 2.56. The number of hydrogen-bond acceptors (Lipinski definition) is 0. The van der Waals surface area contributed by atoms with E-state index in [0.29, 0.717) is 0 Å². The Labute approximate surface area is 84.4 Å². The second-order valence-corrected chi connectivity index (χ2v) is 4.32. The van der Waals surface area contributed by atoms with Crippen LogP contribution in [0, 0.1) is 6.92 Å². The van der Waals surface area contributed by atoms with E-state index < -0.39 is 0 Å². The second-order valence-electron chi connectivity index (χ2n) is 4.32. The minimum Gasteiger partial charge on any atom is -0.320 e. The lowest BCUT2D eigenvalue weighted by Gasteiger charge is -2.11. The van der Waals surface area contributed by atoms with E-state index in [9.17, 15) is 0 Å². The van der Waals surface area contributed by atoms with Crippen molar-refractivity contribution in [2.75, 3.05) is 0 Å². The molecule has 0 atom stereocenters. The Morgan fingerprint density at radius 1 is 1.14 bits per heavy atom. The van der Waals surface area contributed by atoms with E-state index in [0.717, 1.165) is 0 Å². The van der Waals surface area contributed by atoms with Gasteiger partial charge in [0.25, 0.3) is 0 Å². The maximum absolute atomic E-state index is 2.38. The molecular formula is C13H15N. The summed E-state index contributed by atoms with van der Waals surface area (Å²) in [5.74, 6) is 0. The van der Waals surface area contributed by atoms with Gasteiger partial charge in [-0.1, -0.05) is 6.07 Å². The van der Waals surface area contributed by atoms with Crippen molar-refractivity contribution in [1.29, 1.82) is 0 Å². The molecule has 14 heavy (non-hydrogen) atoms. The quantitative estimate of drug-likeness (QED) is 0.594. The molecule has 0 spiro atoms. The molecular weight excluding hydrogens is 170 g/mol. The van der Waals surface area contributed by atoms with Crippen LogP contribution in [0.2, 0.25) is 0 Å². The molecule has 2 aromatic rings. The van der Waals surface area contributed by atoms with Crippen LogP contribution in [-0.2, 0) is 12.8 Å². The summed E-state index contributed by atoms with van der Waals surface area (Å²) in [5.41, 5.74) is 5.83. The van der Waals surface area contributed by atoms with Crippen molar-refractivity contribution in [3.8, 4) is 0 Å². The molecule has 3 rings (SSSR count). The zero-order chi connectivity index (χ0) is 9.54. The Balaban J connectivity index is 2.32. The molecule has 2 heterocycles. The first-order valence-corrected chi connectivity index (χ1v) is 5.44. The SMILES string of the molecule is Cc1ccc2cc3c(n2c1)CCCC3. The highest BCUT2D eigenvalue weighted by molar-refractivity contribution is 5.54. The van der Waals surface area contributed by atoms with Gasteiger partial charge in [-0.15, -0.1) is 0 Å². The fourth-order valence-electron chi connectivity index (χ4n) is 2.49. The van der Waals surface area contributed by atoms with Gasteiger partial charge >= 0.3 is 0 Å². The van der Waals surface area contributed by atoms with E-state index >= 15 is 0 Å². The molecule has 1 aliphatic rings. The molecule has 0 fully saturated rings. The highest BCUT2D eigenvalue weighted by Gasteiger charge is 2.13. The maximum atomic E-state index is 2.38. The highest BCUT2D eigenvalue weighted by atomic mass is 14.9. The molecule has 0 amide bonds. The van der Waals surface area contributed by atoms with E-state index in [4.69, 9.17) is 0 Å². The standard InChI is InChI=1S/C13H15N/c1-10-6-7-12-8-11-4-2-3-5-13(11)14(12)9-10/h6-9H,2-5H2,1H3. The van der Waals surface area contributed by atoms with Crippen molar-refractivity contribution in [1.82, 2.24) is 4.40 Å². The minimum atomic E-state index is 1.26. The zero-order valence-corrected chi connectivity index (χ0v) is 8.59. The monoisotopic (exact) mass is 185 g/mol. The van der Waals surface area contributed by atoms with Crippen molar-refractivity contribution in [3.05, 3.63) is 41.2 Å². The molecule has 0 aliphatic heterocycles. The van der Waals surface area contributed by atoms with E-state index in [1.54, 1.807) is 11.3 Å². The molecule has 0 radical (unpaired) electrons. The van der Waals surface area contributed by atoms with Crippen LogP contribution in [-0.4, -0.2) is 4.40 Å². The molecule has 2 aromatic heterocycles. The van der Waals surface area contributed by atoms with Gasteiger partial charge in [0.2, 0.25) is 0 Å². The fraction of sp³-hybridized carbons (Fsp3) is 0.385. The molecule has 0 saturated carbocycles. The van der Waals surface area contributed by atoms with Crippen molar-refractivity contribution in [3.63, 3.8) is 0 Å². The van der Waals surface area contributed by atoms with Gasteiger partial charge < -0.3 is 4.40 Å². The van der Waals surface area contributed by atoms with E-state index in [1.807, 2.05) is 0 Å². The van der Waals surface area contributed by atoms with E-state index in [2.05, 4.69) is 35.7 Å². The lowest BCUT2D eigenvalue weighted by atomic mass is 9.98. The molecule has 0 unspecified atom stereocenters. The predicted octanol–water partition coefficient (Wildman–Crippen LogP) is 3.13. The minimum absolute atomic E-state index is 1.26. The van der Waals surface area contributed by atoms with Crippen LogP contribution in [0.4, 0.5) is 0 Å². The Morgan fingerprint density at radius 3 is 2.93 bits per heavy atom. The van der Waals surface area contributed by atoms with Crippen LogP contribution in [0.3, 0.4) is 0 Å². The van der Waals surface area contributed by atoms with Crippen molar-refractivity contribution >= 4 is 5.52 Å². The first-order chi connectivity index (χ1) is 6.84. The van der Waals surface area contributed by atoms with Crippen molar-refractivity contribution in [2.45, 2.75) is 32.6 Å². The average molecular weight is 185 g/mol. The van der Waals surface area contributed by atoms with Crippen LogP contribution in [0.15, 0.2) is 24.4 Å². The molecule has 1 heteroatoms. The second kappa shape index (κ2) is 2.88. The summed E-state index contributed by atoms with van der Waals surface area (Å²) in [6.07, 6.45) is 7.51. The molecule has 0 N–H and O–H groups in total. The van der Waals surface area contributed by atoms with Gasteiger partial charge in [0.15, 0.2) is 0 Å². The number of nitrogens with zero attached hydrogens (tertiary/aromatic N) is 1. The van der Waals surface area contributed by atoms with Gasteiger partial charge in [0.1, 0.15) is 0 Å². The van der Waals surface area contributed by atoms with E-state index in [-0.39, 0.29) is 0 Å². The first kappa shape index (κ1) is 8.10. The summed E-state index contributed by atoms with van der Waals surface area (Å²) < 4.78 is 2.38. The van der Waals surface area contributed by atoms with Crippen molar-refractivity contribution < 1.29 is 0 Å². The third-order valence-electron chi connectivity index (χ3n) is 3.22. The molecule has 72 valence electrons. The van der Waals surface area contributed by atoms with Gasteiger partial charge in [0, 0.05) is 17.4 Å². The third-order valence-corrected chi connectivity index (χ3v) is 3.22. The van der Waals surface area contributed by atoms with Crippen LogP contribution < -0.4 is 0 Å². The number of rotatable bonds is 0. The fourth-order valence-corrected chi connectivity index (χ4v) is 2.49. The summed E-state index contributed by atoms with van der Waals surface area (Å²) in [6, 6.07) is 6.78. The highest BCUT2D eigenvalue weighted by Crippen LogP contribution is 2.25. The predicted molar refractivity (Wildman–Crippen MR) is 58.8 cm³/mol. The Bertz CT molecular complexity index is 479. The smallest absolute Gasteiger partial charge is 0.0455 e. The summed E-state index contributed by atoms with van der Waals surface area (Å²) >= 11 is 0. The van der Waals surface area contributed by atoms with Gasteiger partial charge in [0.05, 0.1) is 0 Å². The Morgan fingerprint density at radius 2 is 2.00 bits per heavy atom. The number of aryl methyl sites for hydroxylation is 3. The van der Waals surface area contributed by atoms with Gasteiger partial charge in [-0.05, 0) is 55.9 Å². The van der Waals surface area contributed by atoms with Crippen LogP contribution in [0.1, 0.15) is 29.7 Å². The number of hydrogen-bond donors (Lipinski definition) is 0. The Hall–Kier alpha value is -1.24. The van der Waals surface area contributed by atoms with Gasteiger partial charge in [-0.25, -0.2) is 0 Å². The summed E-state index contributed by atoms with van der Waals surface area (Å²) in [4.78, 5) is 0. The van der Waals surface area contributed by atoms with Gasteiger partial charge in [-0.2, -0.15) is 0 Å². The van der Waals surface area contributed by atoms with E-state index in [1.165, 1.54) is 36.8 Å². The number of fused-ring (bicyclic) bond motifs is 3. The zero-order valence-electron chi connectivity index (χ0n) is 8.59. The summed E-state index contributed by atoms with van der Waals surface area (Å²) in [6.45, 7) is 2.16. The maximum Gasteiger partial charge on any atom is 0.0455 e. The molecule has 0 aromatic carbocycles. The third kappa shape index (κ3) is 1.08. The topological polar surface area (TPSA) is 4.41 Å². The molecule has 0 bridgehead atoms. The summed E-state index contributed by atoms with van der Waals surface area (Å²) in [7, 11) is 0. The number of pyridine rings is 1. The largest absolute Gasteiger partial charge is 0.320 e. The van der Waals surface area contributed by atoms with Gasteiger partial charge in [-0.3, -0.25) is 0 Å². The number of aromatic nitrogens is 1. The lowest BCUT2D eigenvalue weighted by Crippen LogP contribution is -2.03. The lowest BCUT2D eigenvalue weighted by molar-refractivity contribution is 0.669. The Kier molecular flexibility index (Phi) is 1.66. The molecule has 0 saturated heterocycles. The molecule has 1 aliphatic carbocycles. The first-order valence-electron chi connectivity index (χ1n) is 5.44.